The Bertz CT molecular complexity index is 682. The largest absolute Gasteiger partial charge is 0.423 e. The molecular weight excluding hydrogens is 316 g/mol. The number of carbonyl (C=O) groups excluding carboxylic acids is 1. The Balaban J connectivity index is 1.76. The first-order chi connectivity index (χ1) is 11.0. The highest BCUT2D eigenvalue weighted by molar-refractivity contribution is 7.09. The van der Waals surface area contributed by atoms with Crippen LogP contribution in [-0.4, -0.2) is 45.7 Å². The predicted molar refractivity (Wildman–Crippen MR) is 84.2 cm³/mol. The summed E-state index contributed by atoms with van der Waals surface area (Å²) < 4.78 is 11.2. The smallest absolute Gasteiger partial charge is 0.241 e. The molecule has 0 N–H and O–H groups in total. The van der Waals surface area contributed by atoms with Crippen LogP contribution in [-0.2, 0) is 16.0 Å². The summed E-state index contributed by atoms with van der Waals surface area (Å²) >= 11 is 1.55. The first-order valence-electron chi connectivity index (χ1n) is 7.66. The maximum absolute atomic E-state index is 12.6. The minimum absolute atomic E-state index is 0.00731. The van der Waals surface area contributed by atoms with Gasteiger partial charge in [-0.1, -0.05) is 13.8 Å². The molecule has 3 rings (SSSR count). The molecule has 7 nitrogen and oxygen atoms in total. The predicted octanol–water partition coefficient (Wildman–Crippen LogP) is 2.10. The molecule has 1 aliphatic rings. The van der Waals surface area contributed by atoms with Crippen LogP contribution in [0.5, 0.6) is 0 Å². The number of rotatable bonds is 4. The molecule has 1 fully saturated rings. The van der Waals surface area contributed by atoms with Gasteiger partial charge in [0.2, 0.25) is 17.7 Å². The van der Waals surface area contributed by atoms with Crippen LogP contribution in [0.15, 0.2) is 9.80 Å². The van der Waals surface area contributed by atoms with Crippen LogP contribution in [0.25, 0.3) is 0 Å². The molecule has 0 unspecified atom stereocenters. The SMILES string of the molecule is Cc1nc(CC(=O)N2CCOC[C@H]2c2nnc(C(C)C)o2)cs1. The van der Waals surface area contributed by atoms with Gasteiger partial charge in [0.15, 0.2) is 0 Å². The number of aromatic nitrogens is 3. The third kappa shape index (κ3) is 3.59. The lowest BCUT2D eigenvalue weighted by molar-refractivity contribution is -0.140. The van der Waals surface area contributed by atoms with Gasteiger partial charge in [-0.25, -0.2) is 4.98 Å². The highest BCUT2D eigenvalue weighted by Crippen LogP contribution is 2.26. The minimum atomic E-state index is -0.323. The van der Waals surface area contributed by atoms with Crippen LogP contribution in [0.2, 0.25) is 0 Å². The van der Waals surface area contributed by atoms with Gasteiger partial charge in [0.25, 0.3) is 0 Å². The van der Waals surface area contributed by atoms with Crippen molar-refractivity contribution in [3.63, 3.8) is 0 Å². The van der Waals surface area contributed by atoms with Gasteiger partial charge in [-0.2, -0.15) is 0 Å². The molecule has 2 aromatic heterocycles. The molecule has 2 aromatic rings. The third-order valence-corrected chi connectivity index (χ3v) is 4.51. The highest BCUT2D eigenvalue weighted by Gasteiger charge is 2.33. The number of amides is 1. The Morgan fingerprint density at radius 2 is 2.30 bits per heavy atom. The van der Waals surface area contributed by atoms with Crippen molar-refractivity contribution in [1.29, 1.82) is 0 Å². The molecule has 1 amide bonds. The van der Waals surface area contributed by atoms with E-state index in [1.165, 1.54) is 0 Å². The molecule has 0 radical (unpaired) electrons. The van der Waals surface area contributed by atoms with Crippen molar-refractivity contribution < 1.29 is 13.9 Å². The zero-order chi connectivity index (χ0) is 16.4. The summed E-state index contributed by atoms with van der Waals surface area (Å²) in [6.07, 6.45) is 0.284. The van der Waals surface area contributed by atoms with Gasteiger partial charge in [0.1, 0.15) is 6.04 Å². The third-order valence-electron chi connectivity index (χ3n) is 3.68. The fourth-order valence-electron chi connectivity index (χ4n) is 2.47. The average Bonchev–Trinajstić information content (AvgIpc) is 3.16. The van der Waals surface area contributed by atoms with Crippen molar-refractivity contribution in [1.82, 2.24) is 20.1 Å². The monoisotopic (exact) mass is 336 g/mol. The fourth-order valence-corrected chi connectivity index (χ4v) is 3.08. The first kappa shape index (κ1) is 16.1. The molecule has 124 valence electrons. The van der Waals surface area contributed by atoms with Crippen LogP contribution in [0, 0.1) is 6.92 Å². The Kier molecular flexibility index (Phi) is 4.72. The van der Waals surface area contributed by atoms with E-state index in [1.54, 1.807) is 16.2 Å². The molecule has 0 saturated carbocycles. The molecule has 1 aliphatic heterocycles. The van der Waals surface area contributed by atoms with E-state index in [0.717, 1.165) is 10.7 Å². The standard InChI is InChI=1S/C15H20N4O3S/c1-9(2)14-17-18-15(22-14)12-7-21-5-4-19(12)13(20)6-11-8-23-10(3)16-11/h8-9,12H,4-7H2,1-3H3/t12-/m0/s1. The number of hydrogen-bond donors (Lipinski definition) is 0. The minimum Gasteiger partial charge on any atom is -0.423 e. The number of morpholine rings is 1. The van der Waals surface area contributed by atoms with Crippen LogP contribution in [0.3, 0.4) is 0 Å². The lowest BCUT2D eigenvalue weighted by atomic mass is 10.2. The molecule has 3 heterocycles. The van der Waals surface area contributed by atoms with E-state index >= 15 is 0 Å². The Labute approximate surface area is 138 Å². The quantitative estimate of drug-likeness (QED) is 0.850. The summed E-state index contributed by atoms with van der Waals surface area (Å²) in [6, 6.07) is -0.323. The second kappa shape index (κ2) is 6.76. The van der Waals surface area contributed by atoms with E-state index in [-0.39, 0.29) is 24.3 Å². The van der Waals surface area contributed by atoms with Crippen molar-refractivity contribution in [2.45, 2.75) is 39.2 Å². The van der Waals surface area contributed by atoms with Crippen molar-refractivity contribution in [2.24, 2.45) is 0 Å². The summed E-state index contributed by atoms with van der Waals surface area (Å²) in [5.74, 6) is 1.18. The number of ether oxygens (including phenoxy) is 1. The van der Waals surface area contributed by atoms with Gasteiger partial charge in [0.05, 0.1) is 30.3 Å². The zero-order valence-electron chi connectivity index (χ0n) is 13.5. The van der Waals surface area contributed by atoms with E-state index in [1.807, 2.05) is 26.2 Å². The van der Waals surface area contributed by atoms with Crippen LogP contribution < -0.4 is 0 Å². The van der Waals surface area contributed by atoms with Gasteiger partial charge in [-0.3, -0.25) is 4.79 Å². The topological polar surface area (TPSA) is 81.4 Å². The first-order valence-corrected chi connectivity index (χ1v) is 8.54. The maximum atomic E-state index is 12.6. The summed E-state index contributed by atoms with van der Waals surface area (Å²) in [6.45, 7) is 7.32. The Hall–Kier alpha value is -1.80. The molecule has 23 heavy (non-hydrogen) atoms. The van der Waals surface area contributed by atoms with Gasteiger partial charge in [-0.05, 0) is 6.92 Å². The second-order valence-electron chi connectivity index (χ2n) is 5.85. The normalized spacial score (nSPS) is 18.6. The van der Waals surface area contributed by atoms with Crippen LogP contribution in [0.1, 0.15) is 48.3 Å². The maximum Gasteiger partial charge on any atom is 0.241 e. The van der Waals surface area contributed by atoms with Crippen molar-refractivity contribution in [2.75, 3.05) is 19.8 Å². The molecule has 0 aliphatic carbocycles. The fraction of sp³-hybridized carbons (Fsp3) is 0.600. The summed E-state index contributed by atoms with van der Waals surface area (Å²) in [7, 11) is 0. The van der Waals surface area contributed by atoms with Crippen LogP contribution in [0.4, 0.5) is 0 Å². The molecule has 8 heteroatoms. The van der Waals surface area contributed by atoms with Gasteiger partial charge in [0, 0.05) is 17.8 Å². The molecular formula is C15H20N4O3S. The molecule has 1 atom stereocenters. The number of aryl methyl sites for hydroxylation is 1. The van der Waals surface area contributed by atoms with Gasteiger partial charge in [-0.15, -0.1) is 21.5 Å². The molecule has 0 aromatic carbocycles. The van der Waals surface area contributed by atoms with E-state index < -0.39 is 0 Å². The van der Waals surface area contributed by atoms with E-state index in [2.05, 4.69) is 15.2 Å². The van der Waals surface area contributed by atoms with Gasteiger partial charge < -0.3 is 14.1 Å². The lowest BCUT2D eigenvalue weighted by Crippen LogP contribution is -2.44. The molecule has 0 spiro atoms. The number of hydrogen-bond acceptors (Lipinski definition) is 7. The van der Waals surface area contributed by atoms with E-state index in [4.69, 9.17) is 9.15 Å². The van der Waals surface area contributed by atoms with Crippen molar-refractivity contribution >= 4 is 17.2 Å². The van der Waals surface area contributed by atoms with Crippen molar-refractivity contribution in [3.05, 3.63) is 27.9 Å². The average molecular weight is 336 g/mol. The van der Waals surface area contributed by atoms with Crippen molar-refractivity contribution in [3.8, 4) is 0 Å². The number of thiazole rings is 1. The Morgan fingerprint density at radius 1 is 1.48 bits per heavy atom. The summed E-state index contributed by atoms with van der Waals surface area (Å²) in [5.41, 5.74) is 0.802. The van der Waals surface area contributed by atoms with E-state index in [9.17, 15) is 4.79 Å². The summed E-state index contributed by atoms with van der Waals surface area (Å²) in [5, 5.41) is 11.0. The number of carbonyl (C=O) groups is 1. The second-order valence-corrected chi connectivity index (χ2v) is 6.91. The van der Waals surface area contributed by atoms with Crippen LogP contribution >= 0.6 is 11.3 Å². The number of nitrogens with zero attached hydrogens (tertiary/aromatic N) is 4. The summed E-state index contributed by atoms with van der Waals surface area (Å²) in [4.78, 5) is 18.8. The molecule has 0 bridgehead atoms. The highest BCUT2D eigenvalue weighted by atomic mass is 32.1. The Morgan fingerprint density at radius 3 is 2.96 bits per heavy atom. The lowest BCUT2D eigenvalue weighted by Gasteiger charge is -2.33. The molecule has 1 saturated heterocycles. The van der Waals surface area contributed by atoms with Gasteiger partial charge >= 0.3 is 0 Å². The van der Waals surface area contributed by atoms with E-state index in [0.29, 0.717) is 31.5 Å². The zero-order valence-corrected chi connectivity index (χ0v) is 14.3.